The Labute approximate surface area is 86.5 Å². The van der Waals surface area contributed by atoms with Gasteiger partial charge in [0, 0.05) is 13.2 Å². The molecule has 0 fully saturated rings. The lowest BCUT2D eigenvalue weighted by Gasteiger charge is -2.20. The van der Waals surface area contributed by atoms with E-state index in [2.05, 4.69) is 50.2 Å². The predicted octanol–water partition coefficient (Wildman–Crippen LogP) is 2.46. The summed E-state index contributed by atoms with van der Waals surface area (Å²) in [6.45, 7) is 2.89. The molecule has 2 nitrogen and oxygen atoms in total. The Bertz CT molecular complexity index is 266. The van der Waals surface area contributed by atoms with Crippen LogP contribution in [0, 0.1) is 0 Å². The van der Waals surface area contributed by atoms with Crippen molar-refractivity contribution < 1.29 is 4.74 Å². The first-order valence-corrected chi connectivity index (χ1v) is 4.89. The van der Waals surface area contributed by atoms with Gasteiger partial charge < -0.3 is 9.64 Å². The summed E-state index contributed by atoms with van der Waals surface area (Å²) in [5.41, 5.74) is 2.57. The molecule has 0 aliphatic rings. The van der Waals surface area contributed by atoms with Gasteiger partial charge in [0.1, 0.15) is 0 Å². The molecule has 2 heteroatoms. The Morgan fingerprint density at radius 1 is 1.21 bits per heavy atom. The van der Waals surface area contributed by atoms with E-state index >= 15 is 0 Å². The molecule has 0 aromatic heterocycles. The summed E-state index contributed by atoms with van der Waals surface area (Å²) in [5, 5.41) is 0. The van der Waals surface area contributed by atoms with Gasteiger partial charge >= 0.3 is 0 Å². The van der Waals surface area contributed by atoms with Crippen molar-refractivity contribution in [2.75, 3.05) is 21.2 Å². The molecule has 0 radical (unpaired) electrons. The first-order valence-electron chi connectivity index (χ1n) is 4.89. The van der Waals surface area contributed by atoms with Crippen LogP contribution in [-0.4, -0.2) is 26.1 Å². The molecule has 0 bridgehead atoms. The predicted molar refractivity (Wildman–Crippen MR) is 59.3 cm³/mol. The first-order chi connectivity index (χ1) is 6.65. The van der Waals surface area contributed by atoms with Crippen LogP contribution in [0.5, 0.6) is 0 Å². The summed E-state index contributed by atoms with van der Waals surface area (Å²) >= 11 is 0. The second-order valence-electron chi connectivity index (χ2n) is 3.81. The number of rotatable bonds is 4. The summed E-state index contributed by atoms with van der Waals surface area (Å²) in [4.78, 5) is 2.20. The molecular weight excluding hydrogens is 174 g/mol. The highest BCUT2D eigenvalue weighted by Gasteiger charge is 2.06. The Morgan fingerprint density at radius 3 is 2.21 bits per heavy atom. The molecule has 1 aromatic rings. The number of benzene rings is 1. The molecule has 0 amide bonds. The number of ether oxygens (including phenoxy) is 1. The van der Waals surface area contributed by atoms with E-state index < -0.39 is 0 Å². The van der Waals surface area contributed by atoms with E-state index in [0.717, 1.165) is 0 Å². The van der Waals surface area contributed by atoms with Crippen molar-refractivity contribution in [1.29, 1.82) is 0 Å². The van der Waals surface area contributed by atoms with E-state index in [1.807, 2.05) is 0 Å². The van der Waals surface area contributed by atoms with E-state index in [4.69, 9.17) is 4.74 Å². The maximum Gasteiger partial charge on any atom is 0.0713 e. The van der Waals surface area contributed by atoms with Crippen LogP contribution in [0.1, 0.15) is 24.1 Å². The molecule has 1 atom stereocenters. The van der Waals surface area contributed by atoms with Gasteiger partial charge in [-0.05, 0) is 32.1 Å². The molecule has 0 aliphatic carbocycles. The molecule has 0 aliphatic heterocycles. The second kappa shape index (κ2) is 5.13. The third kappa shape index (κ3) is 2.82. The van der Waals surface area contributed by atoms with Gasteiger partial charge in [0.25, 0.3) is 0 Å². The highest BCUT2D eigenvalue weighted by Crippen LogP contribution is 2.17. The van der Waals surface area contributed by atoms with Crippen molar-refractivity contribution in [2.24, 2.45) is 0 Å². The summed E-state index contributed by atoms with van der Waals surface area (Å²) in [6.07, 6.45) is 0. The van der Waals surface area contributed by atoms with Crippen LogP contribution < -0.4 is 0 Å². The van der Waals surface area contributed by atoms with Crippen LogP contribution >= 0.6 is 0 Å². The topological polar surface area (TPSA) is 12.5 Å². The summed E-state index contributed by atoms with van der Waals surface area (Å²) < 4.78 is 5.07. The van der Waals surface area contributed by atoms with Crippen molar-refractivity contribution >= 4 is 0 Å². The summed E-state index contributed by atoms with van der Waals surface area (Å²) in [7, 11) is 5.90. The fourth-order valence-corrected chi connectivity index (χ4v) is 1.36. The van der Waals surface area contributed by atoms with E-state index in [9.17, 15) is 0 Å². The van der Waals surface area contributed by atoms with Crippen molar-refractivity contribution in [3.05, 3.63) is 35.4 Å². The van der Waals surface area contributed by atoms with Crippen molar-refractivity contribution in [1.82, 2.24) is 4.90 Å². The minimum Gasteiger partial charge on any atom is -0.380 e. The molecule has 78 valence electrons. The van der Waals surface area contributed by atoms with Gasteiger partial charge in [-0.15, -0.1) is 0 Å². The minimum absolute atomic E-state index is 0.464. The highest BCUT2D eigenvalue weighted by molar-refractivity contribution is 5.24. The lowest BCUT2D eigenvalue weighted by atomic mass is 10.1. The Morgan fingerprint density at radius 2 is 1.79 bits per heavy atom. The van der Waals surface area contributed by atoms with E-state index in [1.54, 1.807) is 7.11 Å². The highest BCUT2D eigenvalue weighted by atomic mass is 16.5. The molecule has 0 heterocycles. The Kier molecular flexibility index (Phi) is 4.11. The van der Waals surface area contributed by atoms with Crippen LogP contribution in [0.25, 0.3) is 0 Å². The molecule has 14 heavy (non-hydrogen) atoms. The zero-order valence-corrected chi connectivity index (χ0v) is 9.45. The number of hydrogen-bond donors (Lipinski definition) is 0. The maximum atomic E-state index is 5.07. The third-order valence-electron chi connectivity index (χ3n) is 2.55. The number of hydrogen-bond acceptors (Lipinski definition) is 2. The average Bonchev–Trinajstić information content (AvgIpc) is 2.18. The molecule has 1 rings (SSSR count). The Balaban J connectivity index is 2.72. The van der Waals surface area contributed by atoms with Crippen LogP contribution in [-0.2, 0) is 11.3 Å². The molecule has 0 spiro atoms. The van der Waals surface area contributed by atoms with Gasteiger partial charge in [-0.1, -0.05) is 24.3 Å². The van der Waals surface area contributed by atoms with Crippen LogP contribution in [0.15, 0.2) is 24.3 Å². The van der Waals surface area contributed by atoms with E-state index in [0.29, 0.717) is 12.6 Å². The van der Waals surface area contributed by atoms with Crippen LogP contribution in [0.2, 0.25) is 0 Å². The van der Waals surface area contributed by atoms with Crippen LogP contribution in [0.3, 0.4) is 0 Å². The minimum atomic E-state index is 0.464. The van der Waals surface area contributed by atoms with E-state index in [-0.39, 0.29) is 0 Å². The fraction of sp³-hybridized carbons (Fsp3) is 0.500. The monoisotopic (exact) mass is 193 g/mol. The van der Waals surface area contributed by atoms with Crippen molar-refractivity contribution in [3.63, 3.8) is 0 Å². The zero-order chi connectivity index (χ0) is 10.6. The molecule has 0 saturated carbocycles. The standard InChI is InChI=1S/C12H19NO/c1-10(13(2)3)12-7-5-11(6-8-12)9-14-4/h5-8,10H,9H2,1-4H3. The summed E-state index contributed by atoms with van der Waals surface area (Å²) in [6, 6.07) is 9.04. The van der Waals surface area contributed by atoms with Crippen molar-refractivity contribution in [2.45, 2.75) is 19.6 Å². The normalized spacial score (nSPS) is 13.2. The lowest BCUT2D eigenvalue weighted by Crippen LogP contribution is -2.16. The van der Waals surface area contributed by atoms with Gasteiger partial charge in [0.2, 0.25) is 0 Å². The van der Waals surface area contributed by atoms with Gasteiger partial charge in [-0.2, -0.15) is 0 Å². The first kappa shape index (κ1) is 11.2. The van der Waals surface area contributed by atoms with E-state index in [1.165, 1.54) is 11.1 Å². The summed E-state index contributed by atoms with van der Waals surface area (Å²) in [5.74, 6) is 0. The average molecular weight is 193 g/mol. The van der Waals surface area contributed by atoms with Crippen LogP contribution in [0.4, 0.5) is 0 Å². The molecule has 0 saturated heterocycles. The number of methoxy groups -OCH3 is 1. The second-order valence-corrected chi connectivity index (χ2v) is 3.81. The van der Waals surface area contributed by atoms with Crippen molar-refractivity contribution in [3.8, 4) is 0 Å². The largest absolute Gasteiger partial charge is 0.380 e. The SMILES string of the molecule is COCc1ccc(C(C)N(C)C)cc1. The fourth-order valence-electron chi connectivity index (χ4n) is 1.36. The smallest absolute Gasteiger partial charge is 0.0713 e. The van der Waals surface area contributed by atoms with Gasteiger partial charge in [-0.25, -0.2) is 0 Å². The number of nitrogens with zero attached hydrogens (tertiary/aromatic N) is 1. The van der Waals surface area contributed by atoms with Gasteiger partial charge in [0.05, 0.1) is 6.61 Å². The third-order valence-corrected chi connectivity index (χ3v) is 2.55. The lowest BCUT2D eigenvalue weighted by molar-refractivity contribution is 0.185. The molecule has 1 aromatic carbocycles. The molecular formula is C12H19NO. The Hall–Kier alpha value is -0.860. The quantitative estimate of drug-likeness (QED) is 0.728. The molecule has 0 N–H and O–H groups in total. The zero-order valence-electron chi connectivity index (χ0n) is 9.45. The van der Waals surface area contributed by atoms with Gasteiger partial charge in [-0.3, -0.25) is 0 Å². The molecule has 1 unspecified atom stereocenters. The maximum absolute atomic E-state index is 5.07. The van der Waals surface area contributed by atoms with Gasteiger partial charge in [0.15, 0.2) is 0 Å².